The van der Waals surface area contributed by atoms with E-state index in [1.54, 1.807) is 19.3 Å². The molecule has 174 valence electrons. The molecule has 2 aromatic rings. The zero-order valence-electron chi connectivity index (χ0n) is 18.0. The van der Waals surface area contributed by atoms with E-state index in [0.717, 1.165) is 38.1 Å². The average Bonchev–Trinajstić information content (AvgIpc) is 3.33. The van der Waals surface area contributed by atoms with Gasteiger partial charge in [0, 0.05) is 42.4 Å². The summed E-state index contributed by atoms with van der Waals surface area (Å²) in [6.07, 6.45) is 0.904. The lowest BCUT2D eigenvalue weighted by Crippen LogP contribution is -2.48. The van der Waals surface area contributed by atoms with Gasteiger partial charge >= 0.3 is 12.1 Å². The molecule has 1 unspecified atom stereocenters. The number of nitrogens with zero attached hydrogens (tertiary/aromatic N) is 4. The first-order valence-corrected chi connectivity index (χ1v) is 10.8. The summed E-state index contributed by atoms with van der Waals surface area (Å²) in [6.45, 7) is 3.40. The summed E-state index contributed by atoms with van der Waals surface area (Å²) < 4.78 is 44.7. The fraction of sp³-hybridized carbons (Fsp3) is 0.364. The third-order valence-corrected chi connectivity index (χ3v) is 6.00. The van der Waals surface area contributed by atoms with Crippen molar-refractivity contribution in [2.24, 2.45) is 0 Å². The normalized spacial score (nSPS) is 19.1. The predicted molar refractivity (Wildman–Crippen MR) is 121 cm³/mol. The van der Waals surface area contributed by atoms with E-state index in [1.165, 1.54) is 24.1 Å². The number of alkyl halides is 3. The molecule has 0 bridgehead atoms. The van der Waals surface area contributed by atoms with Crippen LogP contribution in [0, 0.1) is 0 Å². The molecule has 1 atom stereocenters. The van der Waals surface area contributed by atoms with Gasteiger partial charge in [-0.05, 0) is 50.2 Å². The van der Waals surface area contributed by atoms with Gasteiger partial charge in [-0.2, -0.15) is 13.2 Å². The second kappa shape index (κ2) is 8.97. The molecule has 1 saturated heterocycles. The molecule has 1 aromatic heterocycles. The molecular formula is C22H22F3N5O2S. The summed E-state index contributed by atoms with van der Waals surface area (Å²) in [6, 6.07) is 4.05. The number of esters is 1. The van der Waals surface area contributed by atoms with Gasteiger partial charge in [0.15, 0.2) is 5.11 Å². The monoisotopic (exact) mass is 477 g/mol. The number of thiocarbonyl (C=S) groups is 1. The van der Waals surface area contributed by atoms with Crippen LogP contribution in [0.4, 0.5) is 24.8 Å². The number of ether oxygens (including phenoxy) is 1. The predicted octanol–water partition coefficient (Wildman–Crippen LogP) is 3.98. The Morgan fingerprint density at radius 1 is 1.21 bits per heavy atom. The lowest BCUT2D eigenvalue weighted by Gasteiger charge is -2.37. The largest absolute Gasteiger partial charge is 0.466 e. The highest BCUT2D eigenvalue weighted by Crippen LogP contribution is 2.37. The van der Waals surface area contributed by atoms with E-state index in [9.17, 15) is 18.0 Å². The van der Waals surface area contributed by atoms with E-state index >= 15 is 0 Å². The van der Waals surface area contributed by atoms with E-state index in [4.69, 9.17) is 17.0 Å². The number of aromatic nitrogens is 2. The van der Waals surface area contributed by atoms with Crippen LogP contribution in [0.3, 0.4) is 0 Å². The number of allylic oxidation sites excluding steroid dienone is 1. The molecule has 0 spiro atoms. The van der Waals surface area contributed by atoms with Gasteiger partial charge in [0.25, 0.3) is 0 Å². The van der Waals surface area contributed by atoms with E-state index in [0.29, 0.717) is 17.2 Å². The molecule has 1 N–H and O–H groups in total. The van der Waals surface area contributed by atoms with Crippen LogP contribution in [0.2, 0.25) is 0 Å². The molecule has 33 heavy (non-hydrogen) atoms. The van der Waals surface area contributed by atoms with Gasteiger partial charge < -0.3 is 15.0 Å². The highest BCUT2D eigenvalue weighted by molar-refractivity contribution is 7.80. The Balaban J connectivity index is 1.73. The number of hydrogen-bond acceptors (Lipinski definition) is 6. The topological polar surface area (TPSA) is 70.6 Å². The third-order valence-electron chi connectivity index (χ3n) is 5.70. The van der Waals surface area contributed by atoms with Crippen molar-refractivity contribution in [3.05, 3.63) is 59.1 Å². The summed E-state index contributed by atoms with van der Waals surface area (Å²) in [5, 5.41) is 3.19. The number of rotatable bonds is 4. The number of carbonyl (C=O) groups is 1. The van der Waals surface area contributed by atoms with Crippen LogP contribution in [-0.2, 0) is 15.7 Å². The number of hydrogen-bond donors (Lipinski definition) is 1. The minimum atomic E-state index is -4.51. The van der Waals surface area contributed by atoms with Crippen LogP contribution in [-0.4, -0.2) is 41.2 Å². The van der Waals surface area contributed by atoms with Crippen molar-refractivity contribution in [1.82, 2.24) is 15.3 Å². The summed E-state index contributed by atoms with van der Waals surface area (Å²) in [5.41, 5.74) is 0.520. The second-order valence-electron chi connectivity index (χ2n) is 7.77. The highest BCUT2D eigenvalue weighted by atomic mass is 32.1. The number of methoxy groups -OCH3 is 1. The summed E-state index contributed by atoms with van der Waals surface area (Å²) in [5.74, 6) is -0.0198. The molecule has 2 aliphatic heterocycles. The Morgan fingerprint density at radius 3 is 2.48 bits per heavy atom. The summed E-state index contributed by atoms with van der Waals surface area (Å²) in [4.78, 5) is 25.1. The zero-order chi connectivity index (χ0) is 23.8. The smallest absolute Gasteiger partial charge is 0.416 e. The van der Waals surface area contributed by atoms with Crippen molar-refractivity contribution in [2.45, 2.75) is 32.0 Å². The molecule has 1 aromatic carbocycles. The SMILES string of the molecule is COC(=O)C1=C(C)N(c2cccc(C(F)(F)F)c2)C(=S)NC1c1cnc(N2CCCC2)nc1. The Labute approximate surface area is 194 Å². The number of benzene rings is 1. The minimum absolute atomic E-state index is 0.146. The van der Waals surface area contributed by atoms with Gasteiger partial charge in [0.2, 0.25) is 5.95 Å². The lowest BCUT2D eigenvalue weighted by atomic mass is 9.96. The second-order valence-corrected chi connectivity index (χ2v) is 8.15. The minimum Gasteiger partial charge on any atom is -0.466 e. The number of anilines is 2. The van der Waals surface area contributed by atoms with Crippen molar-refractivity contribution in [2.75, 3.05) is 30.0 Å². The molecule has 7 nitrogen and oxygen atoms in total. The van der Waals surface area contributed by atoms with Gasteiger partial charge in [-0.25, -0.2) is 14.8 Å². The Kier molecular flexibility index (Phi) is 6.24. The van der Waals surface area contributed by atoms with Crippen molar-refractivity contribution < 1.29 is 22.7 Å². The Hall–Kier alpha value is -3.21. The molecule has 0 aliphatic carbocycles. The first-order chi connectivity index (χ1) is 15.7. The van der Waals surface area contributed by atoms with Gasteiger partial charge in [0.1, 0.15) is 0 Å². The number of nitrogens with one attached hydrogen (secondary N) is 1. The van der Waals surface area contributed by atoms with Gasteiger partial charge in [-0.1, -0.05) is 6.07 Å². The van der Waals surface area contributed by atoms with E-state index in [1.807, 2.05) is 0 Å². The van der Waals surface area contributed by atoms with Crippen LogP contribution in [0.25, 0.3) is 0 Å². The van der Waals surface area contributed by atoms with Crippen LogP contribution < -0.4 is 15.1 Å². The standard InChI is InChI=1S/C22H22F3N5O2S/c1-13-17(19(31)32-2)18(14-11-26-20(27-12-14)29-8-3-4-9-29)28-21(33)30(13)16-7-5-6-15(10-16)22(23,24)25/h5-7,10-12,18H,3-4,8-9H2,1-2H3,(H,28,33). The maximum atomic E-state index is 13.2. The van der Waals surface area contributed by atoms with E-state index in [-0.39, 0.29) is 16.4 Å². The molecule has 3 heterocycles. The van der Waals surface area contributed by atoms with Crippen molar-refractivity contribution in [3.63, 3.8) is 0 Å². The molecule has 0 radical (unpaired) electrons. The maximum absolute atomic E-state index is 13.2. The molecule has 1 fully saturated rings. The van der Waals surface area contributed by atoms with Crippen molar-refractivity contribution in [3.8, 4) is 0 Å². The summed E-state index contributed by atoms with van der Waals surface area (Å²) >= 11 is 5.49. The van der Waals surface area contributed by atoms with Crippen LogP contribution in [0.5, 0.6) is 0 Å². The number of halogens is 3. The average molecular weight is 478 g/mol. The van der Waals surface area contributed by atoms with Gasteiger partial charge in [-0.15, -0.1) is 0 Å². The molecule has 11 heteroatoms. The molecule has 4 rings (SSSR count). The zero-order valence-corrected chi connectivity index (χ0v) is 18.8. The van der Waals surface area contributed by atoms with Crippen LogP contribution >= 0.6 is 12.2 Å². The Bertz CT molecular complexity index is 1100. The van der Waals surface area contributed by atoms with Crippen LogP contribution in [0.15, 0.2) is 47.9 Å². The Morgan fingerprint density at radius 2 is 1.88 bits per heavy atom. The van der Waals surface area contributed by atoms with Crippen LogP contribution in [0.1, 0.15) is 36.9 Å². The third kappa shape index (κ3) is 4.50. The van der Waals surface area contributed by atoms with E-state index < -0.39 is 23.8 Å². The first-order valence-electron chi connectivity index (χ1n) is 10.3. The summed E-state index contributed by atoms with van der Waals surface area (Å²) in [7, 11) is 1.24. The van der Waals surface area contributed by atoms with Crippen molar-refractivity contribution in [1.29, 1.82) is 0 Å². The fourth-order valence-electron chi connectivity index (χ4n) is 4.06. The van der Waals surface area contributed by atoms with Crippen molar-refractivity contribution >= 4 is 34.9 Å². The quantitative estimate of drug-likeness (QED) is 0.524. The molecule has 2 aliphatic rings. The first kappa shape index (κ1) is 23.0. The highest BCUT2D eigenvalue weighted by Gasteiger charge is 2.37. The molecule has 0 amide bonds. The molecule has 0 saturated carbocycles. The van der Waals surface area contributed by atoms with E-state index in [2.05, 4.69) is 20.2 Å². The molecular weight excluding hydrogens is 455 g/mol. The van der Waals surface area contributed by atoms with Gasteiger partial charge in [-0.3, -0.25) is 4.90 Å². The lowest BCUT2D eigenvalue weighted by molar-refractivity contribution is -0.138. The maximum Gasteiger partial charge on any atom is 0.416 e. The number of carbonyl (C=O) groups excluding carboxylic acids is 1. The van der Waals surface area contributed by atoms with Gasteiger partial charge in [0.05, 0.1) is 24.3 Å². The fourth-order valence-corrected chi connectivity index (χ4v) is 4.42.